The molecule has 1 aliphatic rings. The number of ether oxygens (including phenoxy) is 1. The van der Waals surface area contributed by atoms with Crippen LogP contribution >= 0.6 is 11.3 Å². The number of aliphatic hydroxyl groups excluding tert-OH is 1. The van der Waals surface area contributed by atoms with Crippen LogP contribution < -0.4 is 0 Å². The molecule has 3 nitrogen and oxygen atoms in total. The van der Waals surface area contributed by atoms with E-state index < -0.39 is 6.10 Å². The van der Waals surface area contributed by atoms with Crippen molar-refractivity contribution in [1.29, 1.82) is 0 Å². The zero-order valence-electron chi connectivity index (χ0n) is 13.0. The second kappa shape index (κ2) is 8.02. The van der Waals surface area contributed by atoms with Crippen LogP contribution in [0.3, 0.4) is 0 Å². The molecule has 1 aliphatic carbocycles. The number of hydrogen-bond donors (Lipinski definition) is 1. The molecule has 0 bridgehead atoms. The highest BCUT2D eigenvalue weighted by Crippen LogP contribution is 2.28. The van der Waals surface area contributed by atoms with Crippen molar-refractivity contribution in [3.8, 4) is 0 Å². The van der Waals surface area contributed by atoms with E-state index in [1.807, 2.05) is 29.6 Å². The lowest BCUT2D eigenvalue weighted by Gasteiger charge is -2.25. The first kappa shape index (κ1) is 16.6. The zero-order chi connectivity index (χ0) is 16.1. The standard InChI is InChI=1S/C18H22FNO2S/c19-15-5-3-14(4-6-15)10-20(16-7-8-16)11-17(21)12-22-13-18-2-1-9-23-18/h1-6,9,16-17,21H,7-8,10-13H2. The van der Waals surface area contributed by atoms with Gasteiger partial charge in [0.25, 0.3) is 0 Å². The summed E-state index contributed by atoms with van der Waals surface area (Å²) < 4.78 is 18.6. The Morgan fingerprint density at radius 3 is 2.70 bits per heavy atom. The van der Waals surface area contributed by atoms with Crippen LogP contribution in [0.1, 0.15) is 23.3 Å². The van der Waals surface area contributed by atoms with Crippen LogP contribution in [0.25, 0.3) is 0 Å². The number of rotatable bonds is 9. The Hall–Kier alpha value is -1.27. The molecule has 1 N–H and O–H groups in total. The van der Waals surface area contributed by atoms with Gasteiger partial charge in [-0.2, -0.15) is 0 Å². The third-order valence-corrected chi connectivity index (χ3v) is 4.79. The van der Waals surface area contributed by atoms with E-state index in [0.29, 0.717) is 25.8 Å². The SMILES string of the molecule is OC(COCc1cccs1)CN(Cc1ccc(F)cc1)C1CC1. The van der Waals surface area contributed by atoms with Crippen LogP contribution in [0.5, 0.6) is 0 Å². The van der Waals surface area contributed by atoms with E-state index >= 15 is 0 Å². The molecule has 23 heavy (non-hydrogen) atoms. The first-order valence-corrected chi connectivity index (χ1v) is 8.85. The van der Waals surface area contributed by atoms with Gasteiger partial charge in [0.05, 0.1) is 19.3 Å². The summed E-state index contributed by atoms with van der Waals surface area (Å²) in [4.78, 5) is 3.44. The average Bonchev–Trinajstić information content (AvgIpc) is 3.26. The molecule has 1 heterocycles. The first-order chi connectivity index (χ1) is 11.2. The summed E-state index contributed by atoms with van der Waals surface area (Å²) in [5, 5.41) is 12.2. The van der Waals surface area contributed by atoms with Gasteiger partial charge in [-0.1, -0.05) is 18.2 Å². The molecule has 0 radical (unpaired) electrons. The lowest BCUT2D eigenvalue weighted by molar-refractivity contribution is 0.00781. The maximum Gasteiger partial charge on any atom is 0.123 e. The van der Waals surface area contributed by atoms with Crippen LogP contribution in [0.15, 0.2) is 41.8 Å². The van der Waals surface area contributed by atoms with Crippen LogP contribution in [0, 0.1) is 5.82 Å². The number of aliphatic hydroxyl groups is 1. The molecule has 1 atom stereocenters. The maximum atomic E-state index is 13.0. The monoisotopic (exact) mass is 335 g/mol. The highest BCUT2D eigenvalue weighted by molar-refractivity contribution is 7.09. The van der Waals surface area contributed by atoms with Crippen LogP contribution in [0.2, 0.25) is 0 Å². The lowest BCUT2D eigenvalue weighted by Crippen LogP contribution is -2.36. The van der Waals surface area contributed by atoms with E-state index in [-0.39, 0.29) is 5.82 Å². The molecule has 1 aromatic carbocycles. The third kappa shape index (κ3) is 5.39. The molecule has 0 amide bonds. The third-order valence-electron chi connectivity index (χ3n) is 3.94. The Balaban J connectivity index is 1.45. The number of halogens is 1. The Kier molecular flexibility index (Phi) is 5.78. The Bertz CT molecular complexity index is 584. The van der Waals surface area contributed by atoms with Gasteiger partial charge in [0.15, 0.2) is 0 Å². The molecule has 0 aliphatic heterocycles. The van der Waals surface area contributed by atoms with E-state index in [1.54, 1.807) is 11.3 Å². The van der Waals surface area contributed by atoms with Crippen molar-refractivity contribution in [3.05, 3.63) is 58.0 Å². The fraction of sp³-hybridized carbons (Fsp3) is 0.444. The van der Waals surface area contributed by atoms with Gasteiger partial charge in [0, 0.05) is 24.0 Å². The van der Waals surface area contributed by atoms with Crippen LogP contribution in [-0.4, -0.2) is 35.3 Å². The quantitative estimate of drug-likeness (QED) is 0.762. The van der Waals surface area contributed by atoms with Crippen molar-refractivity contribution >= 4 is 11.3 Å². The second-order valence-corrected chi connectivity index (χ2v) is 7.07. The van der Waals surface area contributed by atoms with Crippen molar-refractivity contribution in [2.45, 2.75) is 38.1 Å². The minimum absolute atomic E-state index is 0.214. The summed E-state index contributed by atoms with van der Waals surface area (Å²) in [5.41, 5.74) is 1.07. The van der Waals surface area contributed by atoms with Crippen molar-refractivity contribution in [1.82, 2.24) is 4.90 Å². The van der Waals surface area contributed by atoms with Gasteiger partial charge in [-0.25, -0.2) is 4.39 Å². The summed E-state index contributed by atoms with van der Waals surface area (Å²) >= 11 is 1.66. The van der Waals surface area contributed by atoms with Gasteiger partial charge in [-0.05, 0) is 42.0 Å². The summed E-state index contributed by atoms with van der Waals surface area (Å²) in [6.45, 7) is 2.22. The molecule has 2 aromatic rings. The molecule has 0 saturated heterocycles. The summed E-state index contributed by atoms with van der Waals surface area (Å²) in [7, 11) is 0. The molecule has 0 spiro atoms. The predicted molar refractivity (Wildman–Crippen MR) is 89.8 cm³/mol. The Labute approximate surface area is 140 Å². The lowest BCUT2D eigenvalue weighted by atomic mass is 10.2. The predicted octanol–water partition coefficient (Wildman–Crippen LogP) is 3.43. The molecule has 1 fully saturated rings. The van der Waals surface area contributed by atoms with E-state index in [0.717, 1.165) is 12.1 Å². The molecule has 1 unspecified atom stereocenters. The van der Waals surface area contributed by atoms with Gasteiger partial charge >= 0.3 is 0 Å². The largest absolute Gasteiger partial charge is 0.389 e. The number of hydrogen-bond acceptors (Lipinski definition) is 4. The smallest absolute Gasteiger partial charge is 0.123 e. The number of thiophene rings is 1. The van der Waals surface area contributed by atoms with Gasteiger partial charge in [0.2, 0.25) is 0 Å². The zero-order valence-corrected chi connectivity index (χ0v) is 13.8. The fourth-order valence-electron chi connectivity index (χ4n) is 2.62. The van der Waals surface area contributed by atoms with Crippen LogP contribution in [0.4, 0.5) is 4.39 Å². The molecular formula is C18H22FNO2S. The fourth-order valence-corrected chi connectivity index (χ4v) is 3.26. The van der Waals surface area contributed by atoms with Gasteiger partial charge in [0.1, 0.15) is 5.82 Å². The van der Waals surface area contributed by atoms with Crippen molar-refractivity contribution in [3.63, 3.8) is 0 Å². The van der Waals surface area contributed by atoms with Crippen molar-refractivity contribution in [2.75, 3.05) is 13.2 Å². The number of nitrogens with zero attached hydrogens (tertiary/aromatic N) is 1. The molecule has 1 saturated carbocycles. The van der Waals surface area contributed by atoms with Crippen LogP contribution in [-0.2, 0) is 17.9 Å². The van der Waals surface area contributed by atoms with E-state index in [9.17, 15) is 9.50 Å². The summed E-state index contributed by atoms with van der Waals surface area (Å²) in [6.07, 6.45) is 1.84. The molecule has 5 heteroatoms. The Morgan fingerprint density at radius 1 is 1.26 bits per heavy atom. The second-order valence-electron chi connectivity index (χ2n) is 6.04. The summed E-state index contributed by atoms with van der Waals surface area (Å²) in [5.74, 6) is -0.214. The normalized spacial score (nSPS) is 16.0. The highest BCUT2D eigenvalue weighted by atomic mass is 32.1. The van der Waals surface area contributed by atoms with Gasteiger partial charge in [-0.3, -0.25) is 4.90 Å². The van der Waals surface area contributed by atoms with E-state index in [2.05, 4.69) is 4.90 Å². The molecular weight excluding hydrogens is 313 g/mol. The minimum Gasteiger partial charge on any atom is -0.389 e. The molecule has 124 valence electrons. The van der Waals surface area contributed by atoms with Gasteiger partial charge in [-0.15, -0.1) is 11.3 Å². The highest BCUT2D eigenvalue weighted by Gasteiger charge is 2.30. The molecule has 3 rings (SSSR count). The van der Waals surface area contributed by atoms with E-state index in [1.165, 1.54) is 29.9 Å². The Morgan fingerprint density at radius 2 is 2.04 bits per heavy atom. The average molecular weight is 335 g/mol. The molecule has 1 aromatic heterocycles. The minimum atomic E-state index is -0.504. The summed E-state index contributed by atoms with van der Waals surface area (Å²) in [6, 6.07) is 11.2. The van der Waals surface area contributed by atoms with E-state index in [4.69, 9.17) is 4.74 Å². The van der Waals surface area contributed by atoms with Gasteiger partial charge < -0.3 is 9.84 Å². The number of benzene rings is 1. The maximum absolute atomic E-state index is 13.0. The van der Waals surface area contributed by atoms with Crippen molar-refractivity contribution in [2.24, 2.45) is 0 Å². The van der Waals surface area contributed by atoms with Crippen molar-refractivity contribution < 1.29 is 14.2 Å². The first-order valence-electron chi connectivity index (χ1n) is 7.97. The topological polar surface area (TPSA) is 32.7 Å².